The van der Waals surface area contributed by atoms with Gasteiger partial charge in [-0.25, -0.2) is 14.2 Å². The van der Waals surface area contributed by atoms with Gasteiger partial charge >= 0.3 is 5.97 Å². The van der Waals surface area contributed by atoms with Crippen molar-refractivity contribution in [2.24, 2.45) is 0 Å². The number of halogens is 1. The Morgan fingerprint density at radius 2 is 1.91 bits per heavy atom. The number of benzene rings is 3. The molecule has 1 aliphatic heterocycles. The van der Waals surface area contributed by atoms with Gasteiger partial charge in [0.15, 0.2) is 16.6 Å². The molecule has 11 heteroatoms. The van der Waals surface area contributed by atoms with Crippen LogP contribution in [0.25, 0.3) is 11.1 Å². The van der Waals surface area contributed by atoms with Crippen LogP contribution >= 0.6 is 11.3 Å². The molecule has 1 atom stereocenters. The topological polar surface area (TPSA) is 108 Å². The fourth-order valence-electron chi connectivity index (χ4n) is 5.04. The van der Waals surface area contributed by atoms with Gasteiger partial charge in [-0.05, 0) is 85.4 Å². The predicted molar refractivity (Wildman–Crippen MR) is 171 cm³/mol. The number of methoxy groups -OCH3 is 1. The third-order valence-electron chi connectivity index (χ3n) is 7.35. The molecule has 2 heterocycles. The van der Waals surface area contributed by atoms with Crippen LogP contribution in [-0.2, 0) is 27.1 Å². The van der Waals surface area contributed by atoms with Crippen molar-refractivity contribution >= 4 is 28.3 Å². The minimum Gasteiger partial charge on any atom is -0.487 e. The number of amides is 1. The molecule has 4 aromatic rings. The highest BCUT2D eigenvalue weighted by Gasteiger charge is 2.21. The van der Waals surface area contributed by atoms with Crippen LogP contribution in [-0.4, -0.2) is 56.4 Å². The lowest BCUT2D eigenvalue weighted by molar-refractivity contribution is -0.115. The van der Waals surface area contributed by atoms with Gasteiger partial charge < -0.3 is 29.6 Å². The second kappa shape index (κ2) is 15.6. The summed E-state index contributed by atoms with van der Waals surface area (Å²) in [5.74, 6) is -0.0394. The summed E-state index contributed by atoms with van der Waals surface area (Å²) in [4.78, 5) is 28.9. The molecule has 3 aromatic carbocycles. The Hall–Kier alpha value is -4.32. The molecule has 5 rings (SSSR count). The highest BCUT2D eigenvalue weighted by Crippen LogP contribution is 2.37. The van der Waals surface area contributed by atoms with E-state index in [1.807, 2.05) is 13.0 Å². The van der Waals surface area contributed by atoms with Crippen molar-refractivity contribution in [1.29, 1.82) is 0 Å². The third kappa shape index (κ3) is 8.65. The molecule has 1 amide bonds. The number of thiazole rings is 1. The van der Waals surface area contributed by atoms with Crippen molar-refractivity contribution in [2.75, 3.05) is 38.7 Å². The zero-order valence-corrected chi connectivity index (χ0v) is 26.1. The summed E-state index contributed by atoms with van der Waals surface area (Å²) in [6.45, 7) is 4.63. The van der Waals surface area contributed by atoms with E-state index in [4.69, 9.17) is 18.9 Å². The van der Waals surface area contributed by atoms with Crippen LogP contribution in [0.2, 0.25) is 0 Å². The Morgan fingerprint density at radius 1 is 1.09 bits per heavy atom. The number of anilines is 1. The van der Waals surface area contributed by atoms with Crippen LogP contribution in [0.15, 0.2) is 66.2 Å². The Morgan fingerprint density at radius 3 is 2.60 bits per heavy atom. The molecule has 0 bridgehead atoms. The van der Waals surface area contributed by atoms with Crippen molar-refractivity contribution in [2.45, 2.75) is 38.7 Å². The smallest absolute Gasteiger partial charge is 0.337 e. The van der Waals surface area contributed by atoms with Gasteiger partial charge in [-0.2, -0.15) is 0 Å². The van der Waals surface area contributed by atoms with E-state index < -0.39 is 11.8 Å². The number of carbonyl (C=O) groups is 2. The van der Waals surface area contributed by atoms with E-state index in [1.54, 1.807) is 54.0 Å². The Kier molecular flexibility index (Phi) is 11.1. The van der Waals surface area contributed by atoms with Crippen molar-refractivity contribution in [3.05, 3.63) is 88.7 Å². The fraction of sp³-hybridized carbons (Fsp3) is 0.324. The van der Waals surface area contributed by atoms with E-state index in [-0.39, 0.29) is 24.2 Å². The molecule has 0 aliphatic carbocycles. The summed E-state index contributed by atoms with van der Waals surface area (Å²) in [7, 11) is 1.31. The largest absolute Gasteiger partial charge is 0.487 e. The van der Waals surface area contributed by atoms with Crippen LogP contribution in [0.4, 0.5) is 9.52 Å². The minimum atomic E-state index is -0.495. The number of aromatic nitrogens is 1. The summed E-state index contributed by atoms with van der Waals surface area (Å²) in [5.41, 5.74) is 3.04. The van der Waals surface area contributed by atoms with E-state index >= 15 is 4.39 Å². The highest BCUT2D eigenvalue weighted by atomic mass is 32.1. The summed E-state index contributed by atoms with van der Waals surface area (Å²) >= 11 is 1.35. The number of hydrogen-bond acceptors (Lipinski definition) is 9. The number of nitrogens with one attached hydrogen (secondary N) is 2. The van der Waals surface area contributed by atoms with E-state index in [2.05, 4.69) is 15.6 Å². The molecule has 1 fully saturated rings. The van der Waals surface area contributed by atoms with Crippen molar-refractivity contribution in [3.8, 4) is 28.4 Å². The van der Waals surface area contributed by atoms with Gasteiger partial charge in [0.2, 0.25) is 5.91 Å². The van der Waals surface area contributed by atoms with Crippen LogP contribution in [0.3, 0.4) is 0 Å². The molecule has 9 nitrogen and oxygen atoms in total. The summed E-state index contributed by atoms with van der Waals surface area (Å²) in [5, 5.41) is 8.50. The molecule has 45 heavy (non-hydrogen) atoms. The second-order valence-corrected chi connectivity index (χ2v) is 11.4. The molecular weight excluding hydrogens is 597 g/mol. The number of nitrogens with zero attached hydrogens (tertiary/aromatic N) is 1. The summed E-state index contributed by atoms with van der Waals surface area (Å²) < 4.78 is 38.4. The van der Waals surface area contributed by atoms with Gasteiger partial charge in [0.05, 0.1) is 25.2 Å². The standard InChI is InChI=1S/C34H36FN3O6S/c1-3-36-13-12-24-17-30(43-21-27-5-4-15-42-27)31(18-25(24)19-32(39)38-34-37-14-16-45-34)44-26-10-11-28(29(35)20-26)22-6-8-23(9-7-22)33(40)41-2/h6-11,14,16-18,20,27,36H,3-5,12-13,15,19,21H2,1-2H3,(H,37,38,39). The van der Waals surface area contributed by atoms with E-state index in [0.717, 1.165) is 37.1 Å². The normalized spacial score (nSPS) is 14.2. The third-order valence-corrected chi connectivity index (χ3v) is 8.04. The lowest BCUT2D eigenvalue weighted by atomic mass is 10.00. The number of likely N-dealkylation sites (N-methyl/N-ethyl adjacent to an activating group) is 1. The lowest BCUT2D eigenvalue weighted by Gasteiger charge is -2.19. The van der Waals surface area contributed by atoms with Gasteiger partial charge in [0, 0.05) is 29.8 Å². The first-order valence-electron chi connectivity index (χ1n) is 14.9. The fourth-order valence-corrected chi connectivity index (χ4v) is 5.58. The maximum absolute atomic E-state index is 15.4. The maximum atomic E-state index is 15.4. The average Bonchev–Trinajstić information content (AvgIpc) is 3.76. The number of hydrogen-bond donors (Lipinski definition) is 2. The molecule has 1 aliphatic rings. The number of rotatable bonds is 14. The van der Waals surface area contributed by atoms with E-state index in [1.165, 1.54) is 24.5 Å². The number of ether oxygens (including phenoxy) is 4. The van der Waals surface area contributed by atoms with Gasteiger partial charge in [0.25, 0.3) is 0 Å². The molecule has 1 unspecified atom stereocenters. The minimum absolute atomic E-state index is 0.0193. The zero-order chi connectivity index (χ0) is 31.6. The molecule has 0 spiro atoms. The molecule has 0 saturated carbocycles. The number of carbonyl (C=O) groups excluding carboxylic acids is 2. The van der Waals surface area contributed by atoms with Crippen molar-refractivity contribution in [1.82, 2.24) is 10.3 Å². The molecule has 1 aromatic heterocycles. The van der Waals surface area contributed by atoms with Crippen LogP contribution < -0.4 is 20.1 Å². The summed E-state index contributed by atoms with van der Waals surface area (Å²) in [6.07, 6.45) is 4.27. The van der Waals surface area contributed by atoms with Gasteiger partial charge in [-0.3, -0.25) is 4.79 Å². The SMILES string of the molecule is CCNCCc1cc(OCC2CCCO2)c(Oc2ccc(-c3ccc(C(=O)OC)cc3)c(F)c2)cc1CC(=O)Nc1nccs1. The van der Waals surface area contributed by atoms with Crippen LogP contribution in [0.1, 0.15) is 41.3 Å². The first-order chi connectivity index (χ1) is 21.9. The van der Waals surface area contributed by atoms with Crippen LogP contribution in [0, 0.1) is 5.82 Å². The van der Waals surface area contributed by atoms with E-state index in [9.17, 15) is 9.59 Å². The molecular formula is C34H36FN3O6S. The van der Waals surface area contributed by atoms with E-state index in [0.29, 0.717) is 53.0 Å². The van der Waals surface area contributed by atoms with Gasteiger partial charge in [0.1, 0.15) is 18.2 Å². The van der Waals surface area contributed by atoms with Crippen molar-refractivity contribution in [3.63, 3.8) is 0 Å². The first kappa shape index (κ1) is 32.1. The summed E-state index contributed by atoms with van der Waals surface area (Å²) in [6, 6.07) is 14.8. The molecule has 1 saturated heterocycles. The average molecular weight is 634 g/mol. The van der Waals surface area contributed by atoms with Crippen LogP contribution in [0.5, 0.6) is 17.2 Å². The number of esters is 1. The lowest BCUT2D eigenvalue weighted by Crippen LogP contribution is -2.20. The van der Waals surface area contributed by atoms with Gasteiger partial charge in [-0.15, -0.1) is 11.3 Å². The molecule has 2 N–H and O–H groups in total. The maximum Gasteiger partial charge on any atom is 0.337 e. The van der Waals surface area contributed by atoms with Gasteiger partial charge in [-0.1, -0.05) is 19.1 Å². The quantitative estimate of drug-likeness (QED) is 0.121. The molecule has 236 valence electrons. The highest BCUT2D eigenvalue weighted by molar-refractivity contribution is 7.13. The second-order valence-electron chi connectivity index (χ2n) is 10.5. The monoisotopic (exact) mass is 633 g/mol. The Labute approximate surface area is 265 Å². The first-order valence-corrected chi connectivity index (χ1v) is 15.8. The Bertz CT molecular complexity index is 1590. The Balaban J connectivity index is 1.43. The van der Waals surface area contributed by atoms with Crippen molar-refractivity contribution < 1.29 is 32.9 Å². The zero-order valence-electron chi connectivity index (χ0n) is 25.3. The predicted octanol–water partition coefficient (Wildman–Crippen LogP) is 6.42. The molecule has 0 radical (unpaired) electrons.